The normalized spacial score (nSPS) is 29.7. The smallest absolute Gasteiger partial charge is 0.251 e. The van der Waals surface area contributed by atoms with Gasteiger partial charge in [-0.3, -0.25) is 14.4 Å². The molecule has 6 rings (SSSR count). The lowest BCUT2D eigenvalue weighted by Gasteiger charge is -2.62. The van der Waals surface area contributed by atoms with Crippen molar-refractivity contribution in [3.05, 3.63) is 59.7 Å². The number of nitrogens with one attached hydrogen (secondary N) is 2. The molecule has 2 aromatic carbocycles. The molecule has 2 amide bonds. The number of carbonyl (C=O) groups excluding carboxylic acids is 2. The van der Waals surface area contributed by atoms with E-state index >= 15 is 0 Å². The van der Waals surface area contributed by atoms with Crippen molar-refractivity contribution in [2.45, 2.75) is 91.3 Å². The Labute approximate surface area is 281 Å². The highest BCUT2D eigenvalue weighted by molar-refractivity contribution is 5.95. The number of carbonyl (C=O) groups is 2. The van der Waals surface area contributed by atoms with Crippen LogP contribution in [0.15, 0.2) is 48.5 Å². The number of amides is 2. The Morgan fingerprint density at radius 3 is 2.34 bits per heavy atom. The summed E-state index contributed by atoms with van der Waals surface area (Å²) in [7, 11) is 4.01. The van der Waals surface area contributed by atoms with Crippen molar-refractivity contribution in [2.24, 2.45) is 35.0 Å². The Morgan fingerprint density at radius 2 is 1.74 bits per heavy atom. The Balaban J connectivity index is 1.33. The van der Waals surface area contributed by atoms with E-state index < -0.39 is 24.2 Å². The van der Waals surface area contributed by atoms with Crippen LogP contribution in [0.1, 0.15) is 70.3 Å². The molecular weight excluding hydrogens is 592 g/mol. The largest absolute Gasteiger partial charge is 0.394 e. The first-order valence-corrected chi connectivity index (χ1v) is 17.4. The van der Waals surface area contributed by atoms with Gasteiger partial charge in [-0.2, -0.15) is 5.06 Å². The number of aliphatic hydroxyl groups excluding tert-OH is 2. The third kappa shape index (κ3) is 7.44. The Hall–Kier alpha value is -2.82. The lowest BCUT2D eigenvalue weighted by atomic mass is 9.45. The summed E-state index contributed by atoms with van der Waals surface area (Å²) in [6.45, 7) is 13.6. The summed E-state index contributed by atoms with van der Waals surface area (Å²) in [6.07, 6.45) is 0.639. The molecule has 258 valence electrons. The minimum Gasteiger partial charge on any atom is -0.394 e. The summed E-state index contributed by atoms with van der Waals surface area (Å²) in [5.41, 5.74) is 3.67. The van der Waals surface area contributed by atoms with Gasteiger partial charge < -0.3 is 25.7 Å². The molecule has 4 N–H and O–H groups in total. The maximum absolute atomic E-state index is 14.0. The second-order valence-corrected chi connectivity index (χ2v) is 15.6. The minimum absolute atomic E-state index is 0.0298. The van der Waals surface area contributed by atoms with Crippen molar-refractivity contribution in [3.8, 4) is 11.1 Å². The number of hydrogen-bond acceptors (Lipinski definition) is 7. The highest BCUT2D eigenvalue weighted by Crippen LogP contribution is 2.61. The van der Waals surface area contributed by atoms with Crippen molar-refractivity contribution < 1.29 is 24.6 Å². The van der Waals surface area contributed by atoms with Crippen LogP contribution < -0.4 is 10.6 Å². The molecule has 3 saturated carbocycles. The lowest BCUT2D eigenvalue weighted by molar-refractivity contribution is -0.183. The second kappa shape index (κ2) is 14.3. The number of nitrogens with zero attached hydrogens (tertiary/aromatic N) is 2. The topological polar surface area (TPSA) is 114 Å². The zero-order valence-electron chi connectivity index (χ0n) is 29.4. The fourth-order valence-corrected chi connectivity index (χ4v) is 8.42. The predicted molar refractivity (Wildman–Crippen MR) is 184 cm³/mol. The standard InChI is InChI=1S/C38H56N4O5/c1-22(2)32(20-41(7)8)40-36(45)28-14-10-13-27(16-28)26-12-9-11-25(15-26)19-42-35(34(24(4)44)33(21-43)47-42)37(46)39-31-18-29-17-30(23(31)3)38(29,5)6/h9-16,22-24,29-35,43-44H,17-21H2,1-8H3,(H,39,46)(H,40,45)/t23-,24-,29+,30-,31-,32+,33-,34+,35-/m0/s1. The van der Waals surface area contributed by atoms with Crippen LogP contribution in [0.25, 0.3) is 11.1 Å². The molecule has 3 aliphatic carbocycles. The van der Waals surface area contributed by atoms with Crippen molar-refractivity contribution >= 4 is 11.8 Å². The maximum Gasteiger partial charge on any atom is 0.251 e. The van der Waals surface area contributed by atoms with Crippen molar-refractivity contribution in [1.82, 2.24) is 20.6 Å². The van der Waals surface area contributed by atoms with Gasteiger partial charge in [0.1, 0.15) is 12.1 Å². The van der Waals surface area contributed by atoms with E-state index in [1.165, 1.54) is 6.42 Å². The molecule has 9 nitrogen and oxygen atoms in total. The summed E-state index contributed by atoms with van der Waals surface area (Å²) in [6, 6.07) is 15.0. The number of likely N-dealkylation sites (N-methyl/N-ethyl adjacent to an activating group) is 1. The van der Waals surface area contributed by atoms with Crippen LogP contribution >= 0.6 is 0 Å². The molecule has 1 heterocycles. The molecule has 9 atom stereocenters. The average molecular weight is 649 g/mol. The molecule has 4 fully saturated rings. The van der Waals surface area contributed by atoms with Crippen LogP contribution in [0.4, 0.5) is 0 Å². The van der Waals surface area contributed by atoms with Crippen molar-refractivity contribution in [1.29, 1.82) is 0 Å². The van der Waals surface area contributed by atoms with E-state index in [9.17, 15) is 19.8 Å². The summed E-state index contributed by atoms with van der Waals surface area (Å²) in [4.78, 5) is 35.5. The van der Waals surface area contributed by atoms with Gasteiger partial charge in [-0.25, -0.2) is 0 Å². The summed E-state index contributed by atoms with van der Waals surface area (Å²) in [5, 5.41) is 29.2. The van der Waals surface area contributed by atoms with E-state index in [-0.39, 0.29) is 30.5 Å². The van der Waals surface area contributed by atoms with Crippen LogP contribution in [-0.4, -0.2) is 89.6 Å². The number of aliphatic hydroxyl groups is 2. The molecule has 0 aromatic heterocycles. The van der Waals surface area contributed by atoms with Gasteiger partial charge in [0.05, 0.1) is 19.3 Å². The summed E-state index contributed by atoms with van der Waals surface area (Å²) in [5.74, 6) is 1.01. The van der Waals surface area contributed by atoms with Crippen LogP contribution in [0, 0.1) is 35.0 Å². The minimum atomic E-state index is -0.850. The van der Waals surface area contributed by atoms with E-state index in [1.54, 1.807) is 12.0 Å². The molecule has 9 heteroatoms. The fourth-order valence-electron chi connectivity index (χ4n) is 8.42. The highest BCUT2D eigenvalue weighted by Gasteiger charge is 2.57. The maximum atomic E-state index is 14.0. The van der Waals surface area contributed by atoms with E-state index in [2.05, 4.69) is 50.2 Å². The monoisotopic (exact) mass is 648 g/mol. The SMILES string of the molecule is CC(C)[C@@H](CN(C)C)NC(=O)c1cccc(-c2cccc(CN3O[C@@H](CO)[C@@H]([C@H](C)O)[C@H]3C(=O)N[C@H]3C[C@H]4C[C@@H]([C@@H]3C)C4(C)C)c2)c1. The third-order valence-electron chi connectivity index (χ3n) is 11.5. The third-order valence-corrected chi connectivity index (χ3v) is 11.5. The van der Waals surface area contributed by atoms with Gasteiger partial charge in [-0.1, -0.05) is 65.0 Å². The summed E-state index contributed by atoms with van der Waals surface area (Å²) >= 11 is 0. The summed E-state index contributed by atoms with van der Waals surface area (Å²) < 4.78 is 0. The van der Waals surface area contributed by atoms with Gasteiger partial charge in [0, 0.05) is 30.1 Å². The molecule has 1 saturated heterocycles. The van der Waals surface area contributed by atoms with Gasteiger partial charge in [0.2, 0.25) is 5.91 Å². The molecule has 1 aliphatic heterocycles. The van der Waals surface area contributed by atoms with Crippen molar-refractivity contribution in [3.63, 3.8) is 0 Å². The first-order valence-electron chi connectivity index (χ1n) is 17.4. The number of hydroxylamine groups is 2. The molecular formula is C38H56N4O5. The number of benzene rings is 2. The molecule has 2 aromatic rings. The lowest BCUT2D eigenvalue weighted by Crippen LogP contribution is -2.62. The number of rotatable bonds is 12. The van der Waals surface area contributed by atoms with Crippen LogP contribution in [0.3, 0.4) is 0 Å². The van der Waals surface area contributed by atoms with Gasteiger partial charge >= 0.3 is 0 Å². The molecule has 2 bridgehead atoms. The number of fused-ring (bicyclic) bond motifs is 2. The van der Waals surface area contributed by atoms with Gasteiger partial charge in [0.25, 0.3) is 5.91 Å². The number of hydrogen-bond donors (Lipinski definition) is 4. The van der Waals surface area contributed by atoms with E-state index in [0.29, 0.717) is 41.2 Å². The molecule has 0 spiro atoms. The van der Waals surface area contributed by atoms with Gasteiger partial charge in [0.15, 0.2) is 0 Å². The van der Waals surface area contributed by atoms with Gasteiger partial charge in [-0.05, 0) is 97.8 Å². The van der Waals surface area contributed by atoms with Crippen molar-refractivity contribution in [2.75, 3.05) is 27.2 Å². The zero-order chi connectivity index (χ0) is 34.2. The first kappa shape index (κ1) is 35.5. The highest BCUT2D eigenvalue weighted by atomic mass is 16.7. The van der Waals surface area contributed by atoms with Crippen LogP contribution in [0.2, 0.25) is 0 Å². The molecule has 0 radical (unpaired) electrons. The van der Waals surface area contributed by atoms with E-state index in [0.717, 1.165) is 29.7 Å². The Morgan fingerprint density at radius 1 is 1.06 bits per heavy atom. The molecule has 4 aliphatic rings. The quantitative estimate of drug-likeness (QED) is 0.271. The van der Waals surface area contributed by atoms with Crippen LogP contribution in [-0.2, 0) is 16.2 Å². The second-order valence-electron chi connectivity index (χ2n) is 15.6. The zero-order valence-corrected chi connectivity index (χ0v) is 29.4. The van der Waals surface area contributed by atoms with E-state index in [1.807, 2.05) is 62.6 Å². The molecule has 47 heavy (non-hydrogen) atoms. The predicted octanol–water partition coefficient (Wildman–Crippen LogP) is 4.33. The Bertz CT molecular complexity index is 1410. The van der Waals surface area contributed by atoms with Crippen LogP contribution in [0.5, 0.6) is 0 Å². The Kier molecular flexibility index (Phi) is 10.8. The first-order chi connectivity index (χ1) is 22.2. The average Bonchev–Trinajstić information content (AvgIpc) is 3.39. The van der Waals surface area contributed by atoms with E-state index in [4.69, 9.17) is 4.84 Å². The molecule has 0 unspecified atom stereocenters. The van der Waals surface area contributed by atoms with Gasteiger partial charge in [-0.15, -0.1) is 0 Å². The fraction of sp³-hybridized carbons (Fsp3) is 0.632.